The summed E-state index contributed by atoms with van der Waals surface area (Å²) in [5, 5.41) is 13.0. The van der Waals surface area contributed by atoms with Crippen molar-refractivity contribution < 1.29 is 14.6 Å². The van der Waals surface area contributed by atoms with E-state index < -0.39 is 0 Å². The number of hydrogen-bond donors (Lipinski definition) is 3. The number of aromatic nitrogens is 2. The predicted molar refractivity (Wildman–Crippen MR) is 145 cm³/mol. The normalized spacial score (nSPS) is 12.2. The van der Waals surface area contributed by atoms with Crippen molar-refractivity contribution in [1.82, 2.24) is 15.3 Å². The fraction of sp³-hybridized carbons (Fsp3) is 0.310. The minimum atomic E-state index is -0.239. The Morgan fingerprint density at radius 2 is 1.83 bits per heavy atom. The van der Waals surface area contributed by atoms with Gasteiger partial charge >= 0.3 is 0 Å². The summed E-state index contributed by atoms with van der Waals surface area (Å²) in [6, 6.07) is 19.2. The highest BCUT2D eigenvalue weighted by molar-refractivity contribution is 6.32. The minimum absolute atomic E-state index is 0.0109. The molecule has 0 fully saturated rings. The quantitative estimate of drug-likeness (QED) is 0.248. The Labute approximate surface area is 216 Å². The molecule has 0 bridgehead atoms. The number of hydrogen-bond acceptors (Lipinski definition) is 4. The summed E-state index contributed by atoms with van der Waals surface area (Å²) in [6.07, 6.45) is 2.01. The third-order valence-electron chi connectivity index (χ3n) is 6.03. The Kier molecular flexibility index (Phi) is 8.28. The first kappa shape index (κ1) is 25.7. The van der Waals surface area contributed by atoms with Crippen molar-refractivity contribution in [3.63, 3.8) is 0 Å². The van der Waals surface area contributed by atoms with Crippen LogP contribution in [0, 0.1) is 0 Å². The maximum atomic E-state index is 12.9. The summed E-state index contributed by atoms with van der Waals surface area (Å²) in [7, 11) is 0. The number of halogens is 1. The number of aromatic amines is 1. The number of H-pyrrole nitrogens is 1. The van der Waals surface area contributed by atoms with E-state index in [-0.39, 0.29) is 24.7 Å². The Bertz CT molecular complexity index is 1330. The SMILES string of the molecule is CCc1ccc2nc(-c3ccc(C[C@@H](CCO)NC(=O)c4ccc(OC(C)C)c(Cl)c4)cc3)[nH]c2c1. The molecule has 6 nitrogen and oxygen atoms in total. The number of carbonyl (C=O) groups excluding carboxylic acids is 1. The fourth-order valence-corrected chi connectivity index (χ4v) is 4.36. The second-order valence-corrected chi connectivity index (χ2v) is 9.59. The van der Waals surface area contributed by atoms with E-state index in [9.17, 15) is 9.90 Å². The van der Waals surface area contributed by atoms with E-state index in [1.807, 2.05) is 44.2 Å². The molecule has 188 valence electrons. The van der Waals surface area contributed by atoms with Crippen molar-refractivity contribution in [2.24, 2.45) is 0 Å². The van der Waals surface area contributed by atoms with Gasteiger partial charge in [-0.25, -0.2) is 4.98 Å². The number of rotatable bonds is 10. The number of amides is 1. The Balaban J connectivity index is 1.44. The maximum Gasteiger partial charge on any atom is 0.251 e. The molecule has 1 heterocycles. The van der Waals surface area contributed by atoms with Crippen molar-refractivity contribution in [3.8, 4) is 17.1 Å². The first-order valence-corrected chi connectivity index (χ1v) is 12.7. The molecule has 0 aliphatic carbocycles. The van der Waals surface area contributed by atoms with Crippen LogP contribution in [0.15, 0.2) is 60.7 Å². The number of aryl methyl sites for hydroxylation is 1. The molecule has 1 atom stereocenters. The zero-order chi connectivity index (χ0) is 25.7. The van der Waals surface area contributed by atoms with Crippen LogP contribution < -0.4 is 10.1 Å². The summed E-state index contributed by atoms with van der Waals surface area (Å²) in [4.78, 5) is 21.0. The van der Waals surface area contributed by atoms with Gasteiger partial charge in [0.1, 0.15) is 11.6 Å². The molecule has 1 aromatic heterocycles. The standard InChI is InChI=1S/C29H32ClN3O3/c1-4-19-7-11-25-26(16-19)33-28(32-25)21-8-5-20(6-9-21)15-23(13-14-34)31-29(35)22-10-12-27(24(30)17-22)36-18(2)3/h5-12,16-18,23,34H,4,13-15H2,1-3H3,(H,31,35)(H,32,33)/t23-/m1/s1. The molecular formula is C29H32ClN3O3. The van der Waals surface area contributed by atoms with E-state index in [1.54, 1.807) is 18.2 Å². The number of fused-ring (bicyclic) bond motifs is 1. The van der Waals surface area contributed by atoms with Crippen LogP contribution in [0.2, 0.25) is 5.02 Å². The highest BCUT2D eigenvalue weighted by Gasteiger charge is 2.16. The Morgan fingerprint density at radius 3 is 2.50 bits per heavy atom. The lowest BCUT2D eigenvalue weighted by Crippen LogP contribution is -2.37. The zero-order valence-electron chi connectivity index (χ0n) is 20.8. The summed E-state index contributed by atoms with van der Waals surface area (Å²) in [5.74, 6) is 1.13. The van der Waals surface area contributed by atoms with Crippen LogP contribution in [0.5, 0.6) is 5.75 Å². The van der Waals surface area contributed by atoms with E-state index in [4.69, 9.17) is 21.3 Å². The average molecular weight is 506 g/mol. The number of nitrogens with one attached hydrogen (secondary N) is 2. The van der Waals surface area contributed by atoms with Gasteiger partial charge in [-0.05, 0) is 74.6 Å². The van der Waals surface area contributed by atoms with Gasteiger partial charge in [-0.1, -0.05) is 48.9 Å². The molecular weight excluding hydrogens is 474 g/mol. The number of benzene rings is 3. The molecule has 0 saturated heterocycles. The smallest absolute Gasteiger partial charge is 0.251 e. The van der Waals surface area contributed by atoms with Gasteiger partial charge < -0.3 is 20.1 Å². The summed E-state index contributed by atoms with van der Waals surface area (Å²) in [5.41, 5.74) is 5.75. The first-order valence-electron chi connectivity index (χ1n) is 12.3. The lowest BCUT2D eigenvalue weighted by atomic mass is 10.0. The lowest BCUT2D eigenvalue weighted by molar-refractivity contribution is 0.0930. The monoisotopic (exact) mass is 505 g/mol. The Morgan fingerprint density at radius 1 is 1.08 bits per heavy atom. The number of aliphatic hydroxyl groups is 1. The van der Waals surface area contributed by atoms with Crippen LogP contribution in [-0.2, 0) is 12.8 Å². The molecule has 7 heteroatoms. The van der Waals surface area contributed by atoms with E-state index in [2.05, 4.69) is 29.4 Å². The molecule has 0 aliphatic rings. The van der Waals surface area contributed by atoms with Crippen molar-refractivity contribution >= 4 is 28.5 Å². The van der Waals surface area contributed by atoms with Crippen LogP contribution in [0.3, 0.4) is 0 Å². The van der Waals surface area contributed by atoms with Gasteiger partial charge in [0.15, 0.2) is 0 Å². The molecule has 0 radical (unpaired) electrons. The number of carbonyl (C=O) groups is 1. The number of imidazole rings is 1. The predicted octanol–water partition coefficient (Wildman–Crippen LogP) is 5.96. The summed E-state index contributed by atoms with van der Waals surface area (Å²) in [6.45, 7) is 5.95. The van der Waals surface area contributed by atoms with Gasteiger partial charge in [-0.15, -0.1) is 0 Å². The third kappa shape index (κ3) is 6.25. The fourth-order valence-electron chi connectivity index (χ4n) is 4.14. The summed E-state index contributed by atoms with van der Waals surface area (Å²) < 4.78 is 5.64. The third-order valence-corrected chi connectivity index (χ3v) is 6.33. The van der Waals surface area contributed by atoms with Gasteiger partial charge in [-0.2, -0.15) is 0 Å². The van der Waals surface area contributed by atoms with Crippen LogP contribution in [-0.4, -0.2) is 39.7 Å². The minimum Gasteiger partial charge on any atom is -0.489 e. The van der Waals surface area contributed by atoms with Crippen molar-refractivity contribution in [3.05, 3.63) is 82.4 Å². The van der Waals surface area contributed by atoms with Crippen molar-refractivity contribution in [2.45, 2.75) is 52.2 Å². The van der Waals surface area contributed by atoms with E-state index >= 15 is 0 Å². The molecule has 0 unspecified atom stereocenters. The molecule has 36 heavy (non-hydrogen) atoms. The lowest BCUT2D eigenvalue weighted by Gasteiger charge is -2.19. The molecule has 1 amide bonds. The van der Waals surface area contributed by atoms with Gasteiger partial charge in [0.2, 0.25) is 0 Å². The van der Waals surface area contributed by atoms with Gasteiger partial charge in [0.25, 0.3) is 5.91 Å². The van der Waals surface area contributed by atoms with Gasteiger partial charge in [0.05, 0.1) is 22.2 Å². The molecule has 4 aromatic rings. The van der Waals surface area contributed by atoms with E-state index in [0.717, 1.165) is 34.4 Å². The molecule has 0 spiro atoms. The topological polar surface area (TPSA) is 87.2 Å². The number of nitrogens with zero attached hydrogens (tertiary/aromatic N) is 1. The molecule has 0 aliphatic heterocycles. The highest BCUT2D eigenvalue weighted by Crippen LogP contribution is 2.27. The zero-order valence-corrected chi connectivity index (χ0v) is 21.6. The molecule has 4 rings (SSSR count). The van der Waals surface area contributed by atoms with Crippen molar-refractivity contribution in [1.29, 1.82) is 0 Å². The molecule has 3 aromatic carbocycles. The van der Waals surface area contributed by atoms with Crippen LogP contribution in [0.4, 0.5) is 0 Å². The Hall–Kier alpha value is -3.35. The van der Waals surface area contributed by atoms with Gasteiger partial charge in [-0.3, -0.25) is 4.79 Å². The van der Waals surface area contributed by atoms with Crippen molar-refractivity contribution in [2.75, 3.05) is 6.61 Å². The number of ether oxygens (including phenoxy) is 1. The molecule has 3 N–H and O–H groups in total. The van der Waals surface area contributed by atoms with E-state index in [1.165, 1.54) is 5.56 Å². The largest absolute Gasteiger partial charge is 0.489 e. The highest BCUT2D eigenvalue weighted by atomic mass is 35.5. The second kappa shape index (κ2) is 11.6. The van der Waals surface area contributed by atoms with Crippen LogP contribution >= 0.6 is 11.6 Å². The average Bonchev–Trinajstić information content (AvgIpc) is 3.29. The molecule has 0 saturated carbocycles. The van der Waals surface area contributed by atoms with Crippen LogP contribution in [0.25, 0.3) is 22.4 Å². The second-order valence-electron chi connectivity index (χ2n) is 9.19. The first-order chi connectivity index (χ1) is 17.4. The van der Waals surface area contributed by atoms with Crippen LogP contribution in [0.1, 0.15) is 48.7 Å². The summed E-state index contributed by atoms with van der Waals surface area (Å²) >= 11 is 6.30. The van der Waals surface area contributed by atoms with Gasteiger partial charge in [0, 0.05) is 23.8 Å². The number of aliphatic hydroxyl groups excluding tert-OH is 1. The van der Waals surface area contributed by atoms with E-state index in [0.29, 0.717) is 29.2 Å². The maximum absolute atomic E-state index is 12.9.